The van der Waals surface area contributed by atoms with E-state index in [2.05, 4.69) is 240 Å². The first-order valence-electron chi connectivity index (χ1n) is 23.1. The average Bonchev–Trinajstić information content (AvgIpc) is 3.98. The Balaban J connectivity index is 0.973. The van der Waals surface area contributed by atoms with Gasteiger partial charge in [0.1, 0.15) is 23.2 Å². The van der Waals surface area contributed by atoms with Crippen molar-refractivity contribution in [2.45, 2.75) is 6.17 Å². The van der Waals surface area contributed by atoms with Crippen molar-refractivity contribution >= 4 is 55.4 Å². The summed E-state index contributed by atoms with van der Waals surface area (Å²) in [5.74, 6) is 1.41. The van der Waals surface area contributed by atoms with Gasteiger partial charge in [-0.2, -0.15) is 0 Å². The molecule has 0 saturated carbocycles. The Kier molecular flexibility index (Phi) is 9.50. The summed E-state index contributed by atoms with van der Waals surface area (Å²) in [5, 5.41) is 8.20. The molecular formula is C63H42N4O. The molecule has 12 aromatic rings. The molecule has 10 aromatic carbocycles. The van der Waals surface area contributed by atoms with Crippen molar-refractivity contribution < 1.29 is 4.42 Å². The lowest BCUT2D eigenvalue weighted by Gasteiger charge is -2.24. The highest BCUT2D eigenvalue weighted by Crippen LogP contribution is 2.44. The highest BCUT2D eigenvalue weighted by Gasteiger charge is 2.27. The van der Waals surface area contributed by atoms with E-state index < -0.39 is 6.17 Å². The molecule has 0 radical (unpaired) electrons. The molecule has 5 nitrogen and oxygen atoms in total. The smallest absolute Gasteiger partial charge is 0.159 e. The van der Waals surface area contributed by atoms with Crippen molar-refractivity contribution in [2.24, 2.45) is 9.98 Å². The van der Waals surface area contributed by atoms with Crippen LogP contribution in [0.5, 0.6) is 0 Å². The van der Waals surface area contributed by atoms with Crippen LogP contribution in [-0.4, -0.2) is 16.2 Å². The number of furan rings is 1. The highest BCUT2D eigenvalue weighted by atomic mass is 16.3. The van der Waals surface area contributed by atoms with Crippen LogP contribution in [0.25, 0.3) is 93.9 Å². The van der Waals surface area contributed by atoms with E-state index in [4.69, 9.17) is 14.4 Å². The van der Waals surface area contributed by atoms with Gasteiger partial charge < -0.3 is 14.3 Å². The van der Waals surface area contributed by atoms with Gasteiger partial charge in [-0.15, -0.1) is 0 Å². The maximum Gasteiger partial charge on any atom is 0.159 e. The van der Waals surface area contributed by atoms with Crippen molar-refractivity contribution in [3.05, 3.63) is 259 Å². The number of nitrogens with one attached hydrogen (secondary N) is 1. The summed E-state index contributed by atoms with van der Waals surface area (Å²) >= 11 is 0. The number of nitrogens with zero attached hydrogens (tertiary/aromatic N) is 3. The van der Waals surface area contributed by atoms with Crippen molar-refractivity contribution in [1.29, 1.82) is 0 Å². The van der Waals surface area contributed by atoms with Gasteiger partial charge in [-0.1, -0.05) is 206 Å². The molecule has 0 amide bonds. The van der Waals surface area contributed by atoms with Crippen LogP contribution < -0.4 is 5.32 Å². The predicted octanol–water partition coefficient (Wildman–Crippen LogP) is 15.8. The number of amidine groups is 2. The van der Waals surface area contributed by atoms with E-state index in [1.165, 1.54) is 27.6 Å². The minimum atomic E-state index is -0.486. The van der Waals surface area contributed by atoms with Crippen LogP contribution in [0.3, 0.4) is 0 Å². The summed E-state index contributed by atoms with van der Waals surface area (Å²) in [6.07, 6.45) is -0.486. The molecule has 1 aliphatic rings. The molecule has 1 N–H and O–H groups in total. The van der Waals surface area contributed by atoms with Gasteiger partial charge in [-0.25, -0.2) is 9.98 Å². The Morgan fingerprint density at radius 3 is 1.51 bits per heavy atom. The van der Waals surface area contributed by atoms with Gasteiger partial charge in [-0.05, 0) is 80.9 Å². The fourth-order valence-electron chi connectivity index (χ4n) is 9.97. The number of benzene rings is 10. The second kappa shape index (κ2) is 16.4. The summed E-state index contributed by atoms with van der Waals surface area (Å²) in [6.45, 7) is 0. The van der Waals surface area contributed by atoms with Crippen LogP contribution in [-0.2, 0) is 0 Å². The average molecular weight is 871 g/mol. The largest absolute Gasteiger partial charge is 0.456 e. The summed E-state index contributed by atoms with van der Waals surface area (Å²) in [6, 6.07) is 85.8. The number of para-hydroxylation sites is 1. The SMILES string of the molecule is c1ccc(-c2ccc(C3=NC(c4cccc5oc6ccc7c8ccccc8n(-c8cccc(-c9ccc(-c%10ccccc%10)cc9)c8)c7c6c45)NC(c4ccc(-c5ccccc5)cc4)=N3)cc2)cc1. The van der Waals surface area contributed by atoms with Crippen molar-refractivity contribution in [2.75, 3.05) is 0 Å². The number of hydrogen-bond donors (Lipinski definition) is 1. The van der Waals surface area contributed by atoms with Gasteiger partial charge in [0.05, 0.1) is 16.4 Å². The zero-order valence-electron chi connectivity index (χ0n) is 36.9. The zero-order chi connectivity index (χ0) is 45.0. The van der Waals surface area contributed by atoms with Gasteiger partial charge in [0.25, 0.3) is 0 Å². The monoisotopic (exact) mass is 870 g/mol. The van der Waals surface area contributed by atoms with Crippen LogP contribution >= 0.6 is 0 Å². The molecule has 0 aliphatic carbocycles. The summed E-state index contributed by atoms with van der Waals surface area (Å²) < 4.78 is 9.25. The Labute approximate surface area is 393 Å². The number of aromatic nitrogens is 1. The van der Waals surface area contributed by atoms with E-state index in [0.717, 1.165) is 88.8 Å². The number of aliphatic imine (C=N–C) groups is 2. The molecular weight excluding hydrogens is 829 g/mol. The first-order valence-corrected chi connectivity index (χ1v) is 23.1. The zero-order valence-corrected chi connectivity index (χ0v) is 36.9. The fraction of sp³-hybridized carbons (Fsp3) is 0.0159. The molecule has 320 valence electrons. The molecule has 0 saturated heterocycles. The maximum absolute atomic E-state index is 6.83. The molecule has 0 spiro atoms. The molecule has 2 aromatic heterocycles. The predicted molar refractivity (Wildman–Crippen MR) is 282 cm³/mol. The Hall–Kier alpha value is -9.06. The summed E-state index contributed by atoms with van der Waals surface area (Å²) in [4.78, 5) is 10.7. The normalized spacial score (nSPS) is 13.7. The number of fused-ring (bicyclic) bond motifs is 7. The van der Waals surface area contributed by atoms with Gasteiger partial charge >= 0.3 is 0 Å². The van der Waals surface area contributed by atoms with E-state index in [1.54, 1.807) is 0 Å². The van der Waals surface area contributed by atoms with E-state index in [1.807, 2.05) is 12.1 Å². The lowest BCUT2D eigenvalue weighted by Crippen LogP contribution is -2.33. The molecule has 68 heavy (non-hydrogen) atoms. The van der Waals surface area contributed by atoms with E-state index in [0.29, 0.717) is 5.84 Å². The third-order valence-corrected chi connectivity index (χ3v) is 13.3. The van der Waals surface area contributed by atoms with Crippen molar-refractivity contribution in [1.82, 2.24) is 9.88 Å². The van der Waals surface area contributed by atoms with Crippen LogP contribution in [0, 0.1) is 0 Å². The fourth-order valence-corrected chi connectivity index (χ4v) is 9.97. The molecule has 0 fully saturated rings. The molecule has 1 atom stereocenters. The molecule has 5 heteroatoms. The van der Waals surface area contributed by atoms with Crippen molar-refractivity contribution in [3.63, 3.8) is 0 Å². The van der Waals surface area contributed by atoms with Gasteiger partial charge in [0.2, 0.25) is 0 Å². The standard InChI is InChI=1S/C63H42N4O/c1-4-14-41(15-5-1)44-26-28-47(29-27-44)50-20-12-21-51(40-50)67-55-24-11-10-22-52(55)53-38-39-57-59(60(53)67)58-54(23-13-25-56(58)68-57)63-65-61(48-34-30-45(31-35-48)42-16-6-2-7-17-42)64-62(66-63)49-36-32-46(33-37-49)43-18-8-3-9-19-43/h1-40,63H,(H,64,65,66). The maximum atomic E-state index is 6.83. The number of rotatable bonds is 8. The first kappa shape index (κ1) is 39.3. The van der Waals surface area contributed by atoms with Crippen LogP contribution in [0.15, 0.2) is 257 Å². The third-order valence-electron chi connectivity index (χ3n) is 13.3. The topological polar surface area (TPSA) is 54.8 Å². The second-order valence-electron chi connectivity index (χ2n) is 17.4. The lowest BCUT2D eigenvalue weighted by molar-refractivity contribution is 0.662. The van der Waals surface area contributed by atoms with Crippen molar-refractivity contribution in [3.8, 4) is 50.2 Å². The van der Waals surface area contributed by atoms with Gasteiger partial charge in [-0.3, -0.25) is 0 Å². The second-order valence-corrected chi connectivity index (χ2v) is 17.4. The molecule has 1 aliphatic heterocycles. The minimum absolute atomic E-state index is 0.486. The molecule has 0 bridgehead atoms. The van der Waals surface area contributed by atoms with Crippen LogP contribution in [0.1, 0.15) is 22.9 Å². The van der Waals surface area contributed by atoms with Gasteiger partial charge in [0, 0.05) is 38.5 Å². The Morgan fingerprint density at radius 2 is 0.882 bits per heavy atom. The van der Waals surface area contributed by atoms with Gasteiger partial charge in [0.15, 0.2) is 5.84 Å². The molecule has 1 unspecified atom stereocenters. The number of hydrogen-bond acceptors (Lipinski definition) is 4. The third kappa shape index (κ3) is 6.88. The Bertz CT molecular complexity index is 3890. The Morgan fingerprint density at radius 1 is 0.382 bits per heavy atom. The molecule has 13 rings (SSSR count). The van der Waals surface area contributed by atoms with E-state index in [9.17, 15) is 0 Å². The highest BCUT2D eigenvalue weighted by molar-refractivity contribution is 6.25. The first-order chi connectivity index (χ1) is 33.7. The van der Waals surface area contributed by atoms with Crippen LogP contribution in [0.4, 0.5) is 0 Å². The quantitative estimate of drug-likeness (QED) is 0.165. The summed E-state index contributed by atoms with van der Waals surface area (Å²) in [5.41, 5.74) is 17.2. The minimum Gasteiger partial charge on any atom is -0.456 e. The molecule has 3 heterocycles. The van der Waals surface area contributed by atoms with Crippen LogP contribution in [0.2, 0.25) is 0 Å². The lowest BCUT2D eigenvalue weighted by atomic mass is 9.99. The van der Waals surface area contributed by atoms with E-state index >= 15 is 0 Å². The van der Waals surface area contributed by atoms with E-state index in [-0.39, 0.29) is 0 Å². The summed E-state index contributed by atoms with van der Waals surface area (Å²) in [7, 11) is 0.